The number of aliphatic carboxylic acids is 1. The number of fused-ring (bicyclic) bond motifs is 2. The fraction of sp³-hybridized carbons (Fsp3) is 0.372. The number of aromatic amines is 1. The number of H-pyrrole nitrogens is 1. The third kappa shape index (κ3) is 8.53. The second-order valence-electron chi connectivity index (χ2n) is 14.8. The van der Waals surface area contributed by atoms with Crippen LogP contribution in [-0.4, -0.2) is 69.8 Å². The van der Waals surface area contributed by atoms with Crippen molar-refractivity contribution in [2.24, 2.45) is 11.8 Å². The van der Waals surface area contributed by atoms with Crippen LogP contribution in [0.15, 0.2) is 95.8 Å². The lowest BCUT2D eigenvalue weighted by Gasteiger charge is -2.42. The summed E-state index contributed by atoms with van der Waals surface area (Å²) in [6.45, 7) is 4.48. The van der Waals surface area contributed by atoms with Crippen molar-refractivity contribution in [3.8, 4) is 5.75 Å². The van der Waals surface area contributed by atoms with Gasteiger partial charge in [-0.05, 0) is 97.6 Å². The van der Waals surface area contributed by atoms with Gasteiger partial charge in [-0.25, -0.2) is 4.79 Å². The van der Waals surface area contributed by atoms with Crippen molar-refractivity contribution in [2.75, 3.05) is 32.7 Å². The number of benzene rings is 3. The topological polar surface area (TPSA) is 167 Å². The molecule has 1 saturated heterocycles. The number of amides is 1. The molecule has 0 spiro atoms. The zero-order chi connectivity index (χ0) is 38.4. The first-order valence-electron chi connectivity index (χ1n) is 19.2. The number of carboxylic acid groups (broad SMARTS) is 1. The van der Waals surface area contributed by atoms with E-state index >= 15 is 0 Å². The van der Waals surface area contributed by atoms with Gasteiger partial charge in [-0.2, -0.15) is 0 Å². The minimum absolute atomic E-state index is 0.0503. The first-order chi connectivity index (χ1) is 26.7. The van der Waals surface area contributed by atoms with Gasteiger partial charge in [0.05, 0.1) is 16.5 Å². The van der Waals surface area contributed by atoms with E-state index in [1.54, 1.807) is 18.2 Å². The number of aromatic hydroxyl groups is 1. The predicted molar refractivity (Wildman–Crippen MR) is 214 cm³/mol. The molecule has 0 saturated carbocycles. The van der Waals surface area contributed by atoms with Crippen LogP contribution >= 0.6 is 11.3 Å². The summed E-state index contributed by atoms with van der Waals surface area (Å²) in [5.74, 6) is -0.959. The highest BCUT2D eigenvalue weighted by atomic mass is 32.1. The number of aliphatic hydroxyl groups excluding tert-OH is 1. The Morgan fingerprint density at radius 2 is 1.76 bits per heavy atom. The molecule has 2 aromatic heterocycles. The smallest absolute Gasteiger partial charge is 0.328 e. The van der Waals surface area contributed by atoms with Crippen LogP contribution in [0.5, 0.6) is 5.75 Å². The zero-order valence-corrected chi connectivity index (χ0v) is 31.6. The molecule has 0 radical (unpaired) electrons. The fourth-order valence-corrected chi connectivity index (χ4v) is 9.42. The van der Waals surface area contributed by atoms with Crippen LogP contribution in [0.2, 0.25) is 0 Å². The molecule has 7 rings (SSSR count). The van der Waals surface area contributed by atoms with Crippen molar-refractivity contribution >= 4 is 34.1 Å². The molecular weight excluding hydrogens is 715 g/mol. The number of carbonyl (C=O) groups is 2. The number of aromatic nitrogens is 1. The van der Waals surface area contributed by atoms with Crippen molar-refractivity contribution in [3.05, 3.63) is 133 Å². The second-order valence-corrected chi connectivity index (χ2v) is 16.0. The lowest BCUT2D eigenvalue weighted by Crippen LogP contribution is -2.56. The summed E-state index contributed by atoms with van der Waals surface area (Å²) in [6, 6.07) is 28.2. The number of thiophene rings is 1. The van der Waals surface area contributed by atoms with Crippen molar-refractivity contribution < 1.29 is 24.9 Å². The Labute approximate surface area is 324 Å². The summed E-state index contributed by atoms with van der Waals surface area (Å²) in [5.41, 5.74) is 2.55. The van der Waals surface area contributed by atoms with Crippen LogP contribution < -0.4 is 21.5 Å². The van der Waals surface area contributed by atoms with Gasteiger partial charge >= 0.3 is 5.97 Å². The van der Waals surface area contributed by atoms with Crippen LogP contribution in [0.25, 0.3) is 10.9 Å². The van der Waals surface area contributed by atoms with Crippen molar-refractivity contribution in [3.63, 3.8) is 0 Å². The molecule has 1 amide bonds. The molecule has 1 fully saturated rings. The highest BCUT2D eigenvalue weighted by Crippen LogP contribution is 2.48. The molecule has 2 unspecified atom stereocenters. The molecule has 1 aliphatic carbocycles. The molecule has 11 nitrogen and oxygen atoms in total. The third-order valence-electron chi connectivity index (χ3n) is 11.2. The first-order valence-corrected chi connectivity index (χ1v) is 20.0. The van der Waals surface area contributed by atoms with Gasteiger partial charge in [-0.1, -0.05) is 60.7 Å². The molecule has 3 aromatic carbocycles. The Balaban J connectivity index is 0.905. The summed E-state index contributed by atoms with van der Waals surface area (Å²) in [7, 11) is 0. The van der Waals surface area contributed by atoms with Crippen molar-refractivity contribution in [1.29, 1.82) is 0 Å². The number of carbonyl (C=O) groups excluding carboxylic acids is 1. The monoisotopic (exact) mass is 763 g/mol. The summed E-state index contributed by atoms with van der Waals surface area (Å²) in [6.07, 6.45) is 3.42. The Hall–Kier alpha value is -4.85. The van der Waals surface area contributed by atoms with Crippen LogP contribution in [0.1, 0.15) is 68.6 Å². The number of phenolic OH excluding ortho intramolecular Hbond substituents is 1. The maximum atomic E-state index is 13.5. The maximum Gasteiger partial charge on any atom is 0.328 e. The Bertz CT molecular complexity index is 2170. The minimum atomic E-state index is -1.23. The number of piperidine rings is 1. The van der Waals surface area contributed by atoms with E-state index in [1.165, 1.54) is 29.0 Å². The number of phenols is 1. The van der Waals surface area contributed by atoms with Gasteiger partial charge in [-0.3, -0.25) is 19.8 Å². The molecule has 3 heterocycles. The van der Waals surface area contributed by atoms with Gasteiger partial charge in [0.15, 0.2) is 0 Å². The lowest BCUT2D eigenvalue weighted by atomic mass is 9.72. The van der Waals surface area contributed by atoms with E-state index in [-0.39, 0.29) is 29.1 Å². The van der Waals surface area contributed by atoms with E-state index in [9.17, 15) is 29.7 Å². The predicted octanol–water partition coefficient (Wildman–Crippen LogP) is 5.28. The Morgan fingerprint density at radius 1 is 0.964 bits per heavy atom. The van der Waals surface area contributed by atoms with E-state index in [4.69, 9.17) is 0 Å². The van der Waals surface area contributed by atoms with E-state index < -0.39 is 17.6 Å². The molecule has 2 aliphatic rings. The standard InChI is InChI=1S/C43H49N5O6S/c49-36-17-15-32(33-16-19-39(51)47-40(33)36)37(50)25-44-20-6-7-21-45-41(52)38-18-14-31(55-38)24-46-43(42(53)54)34-13-5-4-11-29(34)23-35(43)30-12-8-22-48(27-30)26-28-9-2-1-3-10-28/h1-5,9-11,13-19,30,35,37,44,46,49-50H,6-8,12,20-27H2,(H,45,52)(H,47,51)(H,53,54)/t30?,35?,37-,43-/m0/s1. The normalized spacial score (nSPS) is 20.3. The minimum Gasteiger partial charge on any atom is -0.506 e. The van der Waals surface area contributed by atoms with Crippen molar-refractivity contribution in [2.45, 2.75) is 56.8 Å². The van der Waals surface area contributed by atoms with Gasteiger partial charge in [0.2, 0.25) is 5.56 Å². The molecule has 12 heteroatoms. The summed E-state index contributed by atoms with van der Waals surface area (Å²) >= 11 is 1.38. The number of unbranched alkanes of at least 4 members (excludes halogenated alkanes) is 1. The van der Waals surface area contributed by atoms with E-state index in [0.29, 0.717) is 53.9 Å². The van der Waals surface area contributed by atoms with E-state index in [1.807, 2.05) is 30.3 Å². The average molecular weight is 764 g/mol. The Morgan fingerprint density at radius 3 is 2.60 bits per heavy atom. The van der Waals surface area contributed by atoms with E-state index in [2.05, 4.69) is 56.2 Å². The van der Waals surface area contributed by atoms with Gasteiger partial charge in [-0.15, -0.1) is 11.3 Å². The number of nitrogens with zero attached hydrogens (tertiary/aromatic N) is 1. The zero-order valence-electron chi connectivity index (χ0n) is 30.8. The molecular formula is C43H49N5O6S. The number of hydrogen-bond acceptors (Lipinski definition) is 9. The first kappa shape index (κ1) is 38.4. The molecule has 7 N–H and O–H groups in total. The summed E-state index contributed by atoms with van der Waals surface area (Å²) < 4.78 is 0. The third-order valence-corrected chi connectivity index (χ3v) is 12.3. The number of likely N-dealkylation sites (tertiary alicyclic amines) is 1. The van der Waals surface area contributed by atoms with Gasteiger partial charge in [0.1, 0.15) is 11.3 Å². The molecule has 1 aliphatic heterocycles. The van der Waals surface area contributed by atoms with Gasteiger partial charge < -0.3 is 30.9 Å². The lowest BCUT2D eigenvalue weighted by molar-refractivity contribution is -0.149. The number of aliphatic hydroxyl groups is 1. The average Bonchev–Trinajstić information content (AvgIpc) is 3.81. The highest BCUT2D eigenvalue weighted by Gasteiger charge is 2.55. The number of rotatable bonds is 16. The van der Waals surface area contributed by atoms with Crippen molar-refractivity contribution in [1.82, 2.24) is 25.8 Å². The highest BCUT2D eigenvalue weighted by molar-refractivity contribution is 7.14. The summed E-state index contributed by atoms with van der Waals surface area (Å²) in [4.78, 5) is 44.8. The largest absolute Gasteiger partial charge is 0.506 e. The quantitative estimate of drug-likeness (QED) is 0.0662. The van der Waals surface area contributed by atoms with Gasteiger partial charge in [0.25, 0.3) is 5.91 Å². The van der Waals surface area contributed by atoms with Crippen LogP contribution in [0.4, 0.5) is 0 Å². The molecule has 4 atom stereocenters. The van der Waals surface area contributed by atoms with Crippen LogP contribution in [0.3, 0.4) is 0 Å². The van der Waals surface area contributed by atoms with E-state index in [0.717, 1.165) is 61.3 Å². The van der Waals surface area contributed by atoms with Gasteiger partial charge in [0, 0.05) is 55.0 Å². The maximum absolute atomic E-state index is 13.5. The number of pyridine rings is 1. The number of hydrogen-bond donors (Lipinski definition) is 7. The summed E-state index contributed by atoms with van der Waals surface area (Å²) in [5, 5.41) is 42.3. The molecule has 0 bridgehead atoms. The second kappa shape index (κ2) is 17.3. The molecule has 5 aromatic rings. The molecule has 288 valence electrons. The number of nitrogens with one attached hydrogen (secondary N) is 4. The SMILES string of the molecule is O=C(NCCCCNC[C@H](O)c1ccc(O)c2[nH]c(=O)ccc12)c1ccc(CN[C@@]2(C(=O)O)c3ccccc3CC2C2CCCN(Cc3ccccc3)C2)s1. The fourth-order valence-electron chi connectivity index (χ4n) is 8.56. The van der Waals surface area contributed by atoms with Crippen LogP contribution in [-0.2, 0) is 29.8 Å². The number of carboxylic acids is 1. The Kier molecular flexibility index (Phi) is 12.1. The molecule has 55 heavy (non-hydrogen) atoms. The van der Waals surface area contributed by atoms with Crippen LogP contribution in [0, 0.1) is 11.8 Å².